The number of nitrogens with one attached hydrogen (secondary N) is 1. The number of fused-ring (bicyclic) bond motifs is 1. The van der Waals surface area contributed by atoms with E-state index in [1.807, 2.05) is 16.1 Å². The summed E-state index contributed by atoms with van der Waals surface area (Å²) < 4.78 is 0. The summed E-state index contributed by atoms with van der Waals surface area (Å²) in [4.78, 5) is 14.4. The second-order valence-electron chi connectivity index (χ2n) is 6.32. The van der Waals surface area contributed by atoms with Crippen LogP contribution >= 0.6 is 0 Å². The first-order valence-electron chi connectivity index (χ1n) is 7.34. The van der Waals surface area contributed by atoms with Crippen molar-refractivity contribution < 1.29 is 4.79 Å². The Labute approximate surface area is 108 Å². The number of hydrogen-bond donors (Lipinski definition) is 1. The highest BCUT2D eigenvalue weighted by Crippen LogP contribution is 2.38. The Morgan fingerprint density at radius 1 is 1.22 bits per heavy atom. The van der Waals surface area contributed by atoms with Crippen LogP contribution in [0, 0.1) is 11.8 Å². The molecule has 2 atom stereocenters. The molecular weight excluding hydrogens is 226 g/mol. The lowest BCUT2D eigenvalue weighted by Crippen LogP contribution is -2.49. The highest BCUT2D eigenvalue weighted by Gasteiger charge is 2.45. The quantitative estimate of drug-likeness (QED) is 0.820. The molecule has 0 bridgehead atoms. The second-order valence-corrected chi connectivity index (χ2v) is 6.32. The second kappa shape index (κ2) is 3.98. The molecule has 2 unspecified atom stereocenters. The first-order valence-corrected chi connectivity index (χ1v) is 7.34. The van der Waals surface area contributed by atoms with E-state index in [9.17, 15) is 4.79 Å². The van der Waals surface area contributed by atoms with Gasteiger partial charge in [-0.2, -0.15) is 0 Å². The molecule has 4 heteroatoms. The molecule has 1 N–H and O–H groups in total. The molecule has 2 aliphatic heterocycles. The molecule has 1 amide bonds. The molecule has 0 aromatic heterocycles. The minimum atomic E-state index is 0.0562. The Kier molecular flexibility index (Phi) is 2.40. The number of carbonyl (C=O) groups is 1. The Balaban J connectivity index is 1.44. The lowest BCUT2D eigenvalue weighted by atomic mass is 9.85. The minimum absolute atomic E-state index is 0.0562. The van der Waals surface area contributed by atoms with Crippen molar-refractivity contribution in [3.63, 3.8) is 0 Å². The molecule has 3 fully saturated rings. The van der Waals surface area contributed by atoms with E-state index < -0.39 is 0 Å². The molecule has 4 aliphatic rings. The summed E-state index contributed by atoms with van der Waals surface area (Å²) in [6, 6.07) is 0.591. The van der Waals surface area contributed by atoms with Crippen molar-refractivity contribution in [2.45, 2.75) is 50.6 Å². The van der Waals surface area contributed by atoms with Gasteiger partial charge in [0.1, 0.15) is 6.04 Å². The topological polar surface area (TPSA) is 35.6 Å². The Hall–Kier alpha value is -1.03. The number of hydrogen-bond acceptors (Lipinski definition) is 3. The average Bonchev–Trinajstić information content (AvgIpc) is 3.06. The normalized spacial score (nSPS) is 35.9. The third kappa shape index (κ3) is 1.74. The SMILES string of the molecule is O=C1C2CC(C3CC3)NN2C=CN1CC1CCC1. The number of hydrazine groups is 1. The molecule has 2 saturated carbocycles. The van der Waals surface area contributed by atoms with Crippen LogP contribution in [0.5, 0.6) is 0 Å². The zero-order valence-electron chi connectivity index (χ0n) is 10.7. The molecule has 4 rings (SSSR count). The number of carbonyl (C=O) groups excluding carboxylic acids is 1. The van der Waals surface area contributed by atoms with Gasteiger partial charge < -0.3 is 9.91 Å². The third-order valence-corrected chi connectivity index (χ3v) is 4.97. The maximum absolute atomic E-state index is 12.5. The van der Waals surface area contributed by atoms with Crippen LogP contribution in [-0.4, -0.2) is 34.4 Å². The molecule has 98 valence electrons. The Bertz CT molecular complexity index is 387. The molecule has 0 radical (unpaired) electrons. The van der Waals surface area contributed by atoms with Crippen molar-refractivity contribution in [3.05, 3.63) is 12.4 Å². The first-order chi connectivity index (χ1) is 8.81. The molecule has 0 aromatic carbocycles. The van der Waals surface area contributed by atoms with E-state index in [0.717, 1.165) is 24.8 Å². The van der Waals surface area contributed by atoms with Gasteiger partial charge in [-0.1, -0.05) is 6.42 Å². The summed E-state index contributed by atoms with van der Waals surface area (Å²) in [6.07, 6.45) is 11.6. The lowest BCUT2D eigenvalue weighted by Gasteiger charge is -2.36. The summed E-state index contributed by atoms with van der Waals surface area (Å²) in [7, 11) is 0. The van der Waals surface area contributed by atoms with Gasteiger partial charge in [0.15, 0.2) is 0 Å². The number of rotatable bonds is 3. The van der Waals surface area contributed by atoms with Gasteiger partial charge in [-0.15, -0.1) is 0 Å². The fourth-order valence-electron chi connectivity index (χ4n) is 3.37. The summed E-state index contributed by atoms with van der Waals surface area (Å²) >= 11 is 0. The summed E-state index contributed by atoms with van der Waals surface area (Å²) in [6.45, 7) is 0.938. The lowest BCUT2D eigenvalue weighted by molar-refractivity contribution is -0.135. The van der Waals surface area contributed by atoms with Gasteiger partial charge >= 0.3 is 0 Å². The predicted octanol–water partition coefficient (Wildman–Crippen LogP) is 1.46. The molecule has 1 saturated heterocycles. The minimum Gasteiger partial charge on any atom is -0.315 e. The summed E-state index contributed by atoms with van der Waals surface area (Å²) in [5.41, 5.74) is 3.49. The van der Waals surface area contributed by atoms with E-state index in [2.05, 4.69) is 11.6 Å². The van der Waals surface area contributed by atoms with Crippen molar-refractivity contribution in [1.29, 1.82) is 0 Å². The zero-order valence-corrected chi connectivity index (χ0v) is 10.7. The van der Waals surface area contributed by atoms with Crippen LogP contribution in [-0.2, 0) is 4.79 Å². The maximum Gasteiger partial charge on any atom is 0.250 e. The average molecular weight is 247 g/mol. The Morgan fingerprint density at radius 3 is 2.72 bits per heavy atom. The van der Waals surface area contributed by atoms with E-state index >= 15 is 0 Å². The smallest absolute Gasteiger partial charge is 0.250 e. The van der Waals surface area contributed by atoms with Crippen LogP contribution in [0.3, 0.4) is 0 Å². The van der Waals surface area contributed by atoms with Crippen LogP contribution in [0.1, 0.15) is 38.5 Å². The Morgan fingerprint density at radius 2 is 2.06 bits per heavy atom. The van der Waals surface area contributed by atoms with E-state index in [1.165, 1.54) is 32.1 Å². The van der Waals surface area contributed by atoms with Crippen molar-refractivity contribution in [2.75, 3.05) is 6.54 Å². The van der Waals surface area contributed by atoms with E-state index in [4.69, 9.17) is 0 Å². The molecule has 18 heavy (non-hydrogen) atoms. The highest BCUT2D eigenvalue weighted by molar-refractivity contribution is 5.84. The van der Waals surface area contributed by atoms with Gasteiger partial charge in [0, 0.05) is 25.0 Å². The van der Waals surface area contributed by atoms with Gasteiger partial charge in [0.25, 0.3) is 5.91 Å². The molecule has 2 aliphatic carbocycles. The number of nitrogens with zero attached hydrogens (tertiary/aromatic N) is 2. The van der Waals surface area contributed by atoms with Gasteiger partial charge in [0.05, 0.1) is 0 Å². The fourth-order valence-corrected chi connectivity index (χ4v) is 3.37. The first kappa shape index (κ1) is 10.9. The molecule has 0 aromatic rings. The van der Waals surface area contributed by atoms with Crippen molar-refractivity contribution in [2.24, 2.45) is 11.8 Å². The van der Waals surface area contributed by atoms with Crippen LogP contribution < -0.4 is 5.43 Å². The summed E-state index contributed by atoms with van der Waals surface area (Å²) in [5, 5.41) is 2.04. The highest BCUT2D eigenvalue weighted by atomic mass is 16.2. The van der Waals surface area contributed by atoms with Gasteiger partial charge in [-0.3, -0.25) is 4.79 Å². The molecule has 4 nitrogen and oxygen atoms in total. The fraction of sp³-hybridized carbons (Fsp3) is 0.786. The maximum atomic E-state index is 12.5. The summed E-state index contributed by atoms with van der Waals surface area (Å²) in [5.74, 6) is 1.87. The van der Waals surface area contributed by atoms with Gasteiger partial charge in [-0.25, -0.2) is 5.43 Å². The van der Waals surface area contributed by atoms with E-state index in [-0.39, 0.29) is 6.04 Å². The molecular formula is C14H21N3O. The third-order valence-electron chi connectivity index (χ3n) is 4.97. The van der Waals surface area contributed by atoms with Crippen LogP contribution in [0.4, 0.5) is 0 Å². The van der Waals surface area contributed by atoms with Crippen LogP contribution in [0.2, 0.25) is 0 Å². The standard InChI is InChI=1S/C14H21N3O/c18-14-13-8-12(11-4-5-11)15-17(13)7-6-16(14)9-10-2-1-3-10/h6-7,10-13,15H,1-5,8-9H2. The predicted molar refractivity (Wildman–Crippen MR) is 68.1 cm³/mol. The largest absolute Gasteiger partial charge is 0.315 e. The molecule has 2 heterocycles. The van der Waals surface area contributed by atoms with Crippen LogP contribution in [0.15, 0.2) is 12.4 Å². The van der Waals surface area contributed by atoms with Crippen molar-refractivity contribution >= 4 is 5.91 Å². The monoisotopic (exact) mass is 247 g/mol. The van der Waals surface area contributed by atoms with E-state index in [1.54, 1.807) is 0 Å². The zero-order chi connectivity index (χ0) is 12.1. The van der Waals surface area contributed by atoms with Crippen LogP contribution in [0.25, 0.3) is 0 Å². The van der Waals surface area contributed by atoms with E-state index in [0.29, 0.717) is 11.9 Å². The number of amides is 1. The van der Waals surface area contributed by atoms with Gasteiger partial charge in [-0.05, 0) is 43.9 Å². The molecule has 0 spiro atoms. The van der Waals surface area contributed by atoms with Crippen molar-refractivity contribution in [3.8, 4) is 0 Å². The van der Waals surface area contributed by atoms with Crippen molar-refractivity contribution in [1.82, 2.24) is 15.3 Å². The van der Waals surface area contributed by atoms with Gasteiger partial charge in [0.2, 0.25) is 0 Å².